The van der Waals surface area contributed by atoms with Gasteiger partial charge in [0.05, 0.1) is 18.9 Å². The van der Waals surface area contributed by atoms with E-state index in [0.717, 1.165) is 17.0 Å². The van der Waals surface area contributed by atoms with Gasteiger partial charge in [-0.2, -0.15) is 10.1 Å². The number of aliphatic imine (C=N–C) groups is 1. The third-order valence-corrected chi connectivity index (χ3v) is 7.09. The number of nitrogens with one attached hydrogen (secondary N) is 1. The van der Waals surface area contributed by atoms with E-state index in [2.05, 4.69) is 10.3 Å². The number of para-hydroxylation sites is 1. The van der Waals surface area contributed by atoms with E-state index in [1.54, 1.807) is 42.5 Å². The highest BCUT2D eigenvalue weighted by Crippen LogP contribution is 2.39. The third kappa shape index (κ3) is 5.01. The molecular weight excluding hydrogens is 479 g/mol. The zero-order chi connectivity index (χ0) is 25.1. The number of halogens is 1. The van der Waals surface area contributed by atoms with Gasteiger partial charge < -0.3 is 10.1 Å². The Morgan fingerprint density at radius 1 is 1.08 bits per heavy atom. The number of hydrazone groups is 1. The highest BCUT2D eigenvalue weighted by atomic mass is 32.2. The van der Waals surface area contributed by atoms with Crippen LogP contribution in [0.15, 0.2) is 89.0 Å². The van der Waals surface area contributed by atoms with Crippen LogP contribution in [0.5, 0.6) is 5.75 Å². The largest absolute Gasteiger partial charge is 0.497 e. The van der Waals surface area contributed by atoms with E-state index >= 15 is 0 Å². The molecule has 182 valence electrons. The Morgan fingerprint density at radius 3 is 2.53 bits per heavy atom. The molecule has 3 aromatic rings. The summed E-state index contributed by atoms with van der Waals surface area (Å²) >= 11 is 1.18. The van der Waals surface area contributed by atoms with Crippen molar-refractivity contribution in [1.29, 1.82) is 0 Å². The molecule has 0 saturated carbocycles. The van der Waals surface area contributed by atoms with Crippen molar-refractivity contribution in [3.63, 3.8) is 0 Å². The summed E-state index contributed by atoms with van der Waals surface area (Å²) in [6.45, 7) is 0. The average molecular weight is 503 g/mol. The van der Waals surface area contributed by atoms with E-state index in [4.69, 9.17) is 9.84 Å². The molecular formula is C27H23FN4O3S. The highest BCUT2D eigenvalue weighted by molar-refractivity contribution is 8.15. The summed E-state index contributed by atoms with van der Waals surface area (Å²) in [6, 6.07) is 22.6. The van der Waals surface area contributed by atoms with Crippen molar-refractivity contribution in [2.45, 2.75) is 24.1 Å². The minimum absolute atomic E-state index is 0.0291. The topological polar surface area (TPSA) is 83.4 Å². The Bertz CT molecular complexity index is 1340. The molecule has 0 radical (unpaired) electrons. The molecule has 2 atom stereocenters. The number of carbonyl (C=O) groups excluding carboxylic acids is 2. The predicted molar refractivity (Wildman–Crippen MR) is 139 cm³/mol. The van der Waals surface area contributed by atoms with Crippen LogP contribution in [-0.2, 0) is 9.59 Å². The van der Waals surface area contributed by atoms with Crippen molar-refractivity contribution in [2.24, 2.45) is 10.1 Å². The van der Waals surface area contributed by atoms with Crippen LogP contribution in [0, 0.1) is 5.82 Å². The number of hydrogen-bond donors (Lipinski definition) is 1. The lowest BCUT2D eigenvalue weighted by atomic mass is 9.98. The molecule has 2 aliphatic heterocycles. The fourth-order valence-corrected chi connectivity index (χ4v) is 5.20. The van der Waals surface area contributed by atoms with Crippen LogP contribution in [0.25, 0.3) is 0 Å². The molecule has 0 aliphatic carbocycles. The molecule has 2 heterocycles. The lowest BCUT2D eigenvalue weighted by Crippen LogP contribution is -2.25. The first kappa shape index (κ1) is 23.7. The van der Waals surface area contributed by atoms with Gasteiger partial charge in [-0.3, -0.25) is 9.59 Å². The fourth-order valence-electron chi connectivity index (χ4n) is 4.14. The second kappa shape index (κ2) is 10.3. The SMILES string of the molecule is COc1ccc(C2=NN(C3=NC(=O)[C@@H](CC(=O)Nc4ccccc4)S3)[C@@H](c3ccccc3F)C2)cc1. The first-order chi connectivity index (χ1) is 17.5. The van der Waals surface area contributed by atoms with E-state index in [1.165, 1.54) is 17.8 Å². The molecule has 5 rings (SSSR count). The molecule has 2 amide bonds. The molecule has 9 heteroatoms. The van der Waals surface area contributed by atoms with Gasteiger partial charge in [0.15, 0.2) is 5.17 Å². The fraction of sp³-hybridized carbons (Fsp3) is 0.185. The maximum Gasteiger partial charge on any atom is 0.262 e. The number of amides is 2. The van der Waals surface area contributed by atoms with Crippen molar-refractivity contribution in [3.05, 3.63) is 95.8 Å². The minimum Gasteiger partial charge on any atom is -0.497 e. The lowest BCUT2D eigenvalue weighted by Gasteiger charge is -2.23. The molecule has 0 unspecified atom stereocenters. The number of nitrogens with zero attached hydrogens (tertiary/aromatic N) is 3. The van der Waals surface area contributed by atoms with Crippen LogP contribution in [0.2, 0.25) is 0 Å². The second-order valence-corrected chi connectivity index (χ2v) is 9.49. The summed E-state index contributed by atoms with van der Waals surface area (Å²) in [5, 5.41) is 8.83. The van der Waals surface area contributed by atoms with Gasteiger partial charge in [-0.15, -0.1) is 0 Å². The lowest BCUT2D eigenvalue weighted by molar-refractivity contribution is -0.121. The van der Waals surface area contributed by atoms with Crippen LogP contribution in [-0.4, -0.2) is 40.1 Å². The molecule has 0 saturated heterocycles. The van der Waals surface area contributed by atoms with Crippen LogP contribution >= 0.6 is 11.8 Å². The standard InChI is InChI=1S/C27H23FN4O3S/c1-35-19-13-11-17(12-14-19)22-15-23(20-9-5-6-10-21(20)28)32(31-22)27-30-26(34)24(36-27)16-25(33)29-18-7-3-2-4-8-18/h2-14,23-24H,15-16H2,1H3,(H,29,33)/t23-,24-/m1/s1. The molecule has 1 N–H and O–H groups in total. The zero-order valence-corrected chi connectivity index (χ0v) is 20.2. The average Bonchev–Trinajstić information content (AvgIpc) is 3.49. The van der Waals surface area contributed by atoms with Crippen molar-refractivity contribution >= 4 is 40.1 Å². The maximum atomic E-state index is 14.8. The number of thioether (sulfide) groups is 1. The van der Waals surface area contributed by atoms with Gasteiger partial charge in [0, 0.05) is 24.1 Å². The molecule has 0 spiro atoms. The number of methoxy groups -OCH3 is 1. The van der Waals surface area contributed by atoms with Gasteiger partial charge in [0.1, 0.15) is 16.8 Å². The van der Waals surface area contributed by atoms with Crippen LogP contribution in [0.4, 0.5) is 10.1 Å². The predicted octanol–water partition coefficient (Wildman–Crippen LogP) is 5.01. The van der Waals surface area contributed by atoms with Gasteiger partial charge in [-0.25, -0.2) is 9.40 Å². The van der Waals surface area contributed by atoms with Crippen molar-refractivity contribution in [3.8, 4) is 5.75 Å². The molecule has 0 bridgehead atoms. The summed E-state index contributed by atoms with van der Waals surface area (Å²) in [5.41, 5.74) is 2.73. The highest BCUT2D eigenvalue weighted by Gasteiger charge is 2.39. The number of rotatable bonds is 6. The second-order valence-electron chi connectivity index (χ2n) is 8.32. The summed E-state index contributed by atoms with van der Waals surface area (Å²) in [4.78, 5) is 29.5. The summed E-state index contributed by atoms with van der Waals surface area (Å²) in [6.07, 6.45) is 0.402. The monoisotopic (exact) mass is 502 g/mol. The molecule has 3 aromatic carbocycles. The van der Waals surface area contributed by atoms with E-state index in [9.17, 15) is 14.0 Å². The van der Waals surface area contributed by atoms with Gasteiger partial charge >= 0.3 is 0 Å². The zero-order valence-electron chi connectivity index (χ0n) is 19.4. The van der Waals surface area contributed by atoms with Crippen molar-refractivity contribution < 1.29 is 18.7 Å². The Kier molecular flexibility index (Phi) is 6.81. The number of anilines is 1. The molecule has 2 aliphatic rings. The summed E-state index contributed by atoms with van der Waals surface area (Å²) in [5.74, 6) is -0.318. The van der Waals surface area contributed by atoms with E-state index in [-0.39, 0.29) is 18.1 Å². The number of amidine groups is 1. The number of ether oxygens (including phenoxy) is 1. The van der Waals surface area contributed by atoms with Gasteiger partial charge in [0.2, 0.25) is 5.91 Å². The number of benzene rings is 3. The minimum atomic E-state index is -0.676. The van der Waals surface area contributed by atoms with Gasteiger partial charge in [-0.05, 0) is 48.0 Å². The van der Waals surface area contributed by atoms with Crippen molar-refractivity contribution in [2.75, 3.05) is 12.4 Å². The van der Waals surface area contributed by atoms with E-state index < -0.39 is 17.2 Å². The first-order valence-corrected chi connectivity index (χ1v) is 12.3. The van der Waals surface area contributed by atoms with Crippen LogP contribution in [0.3, 0.4) is 0 Å². The van der Waals surface area contributed by atoms with Crippen LogP contribution in [0.1, 0.15) is 30.0 Å². The normalized spacial score (nSPS) is 19.2. The Hall–Kier alpha value is -3.98. The Labute approximate surface area is 212 Å². The third-order valence-electron chi connectivity index (χ3n) is 5.95. The maximum absolute atomic E-state index is 14.8. The van der Waals surface area contributed by atoms with E-state index in [1.807, 2.05) is 42.5 Å². The van der Waals surface area contributed by atoms with Gasteiger partial charge in [-0.1, -0.05) is 48.2 Å². The molecule has 7 nitrogen and oxygen atoms in total. The van der Waals surface area contributed by atoms with Gasteiger partial charge in [0.25, 0.3) is 5.91 Å². The van der Waals surface area contributed by atoms with Crippen LogP contribution < -0.4 is 10.1 Å². The van der Waals surface area contributed by atoms with E-state index in [0.29, 0.717) is 22.8 Å². The number of hydrogen-bond acceptors (Lipinski definition) is 6. The Balaban J connectivity index is 1.37. The molecule has 36 heavy (non-hydrogen) atoms. The molecule has 0 fully saturated rings. The smallest absolute Gasteiger partial charge is 0.262 e. The Morgan fingerprint density at radius 2 is 1.81 bits per heavy atom. The first-order valence-electron chi connectivity index (χ1n) is 11.4. The summed E-state index contributed by atoms with van der Waals surface area (Å²) < 4.78 is 20.0. The van der Waals surface area contributed by atoms with Crippen molar-refractivity contribution in [1.82, 2.24) is 5.01 Å². The summed E-state index contributed by atoms with van der Waals surface area (Å²) in [7, 11) is 1.60. The number of carbonyl (C=O) groups is 2. The quantitative estimate of drug-likeness (QED) is 0.512. The molecule has 0 aromatic heterocycles.